The van der Waals surface area contributed by atoms with Crippen LogP contribution < -0.4 is 0 Å². The van der Waals surface area contributed by atoms with Crippen molar-refractivity contribution in [2.45, 2.75) is 81.7 Å². The van der Waals surface area contributed by atoms with Crippen molar-refractivity contribution in [3.63, 3.8) is 0 Å². The Balaban J connectivity index is 1.43. The van der Waals surface area contributed by atoms with Crippen LogP contribution in [0.5, 0.6) is 0 Å². The third kappa shape index (κ3) is 2.81. The summed E-state index contributed by atoms with van der Waals surface area (Å²) in [4.78, 5) is 0. The fourth-order valence-corrected chi connectivity index (χ4v) is 7.58. The summed E-state index contributed by atoms with van der Waals surface area (Å²) in [7, 11) is 0. The summed E-state index contributed by atoms with van der Waals surface area (Å²) in [5.41, 5.74) is -2.02. The monoisotopic (exact) mass is 428 g/mol. The predicted molar refractivity (Wildman–Crippen MR) is 103 cm³/mol. The van der Waals surface area contributed by atoms with Gasteiger partial charge in [0.2, 0.25) is 0 Å². The maximum atomic E-state index is 13.8. The Bertz CT molecular complexity index is 787. The average Bonchev–Trinajstić information content (AvgIpc) is 3.25. The quantitative estimate of drug-likeness (QED) is 0.631. The van der Waals surface area contributed by atoms with Crippen molar-refractivity contribution in [2.24, 2.45) is 23.2 Å². The van der Waals surface area contributed by atoms with E-state index in [4.69, 9.17) is 9.47 Å². The van der Waals surface area contributed by atoms with E-state index in [9.17, 15) is 23.4 Å². The second-order valence-corrected chi connectivity index (χ2v) is 10.4. The van der Waals surface area contributed by atoms with Crippen LogP contribution in [0, 0.1) is 23.2 Å². The van der Waals surface area contributed by atoms with Crippen LogP contribution in [0.3, 0.4) is 0 Å². The number of hydrogen-bond donors (Lipinski definition) is 2. The van der Waals surface area contributed by atoms with Gasteiger partial charge in [-0.05, 0) is 61.9 Å². The summed E-state index contributed by atoms with van der Waals surface area (Å²) in [5, 5.41) is 23.0. The Morgan fingerprint density at radius 1 is 1.07 bits per heavy atom. The van der Waals surface area contributed by atoms with Crippen molar-refractivity contribution >= 4 is 0 Å². The SMILES string of the molecule is CC12CC=C3C(CCC4CC5(CCC34O)OCCO5)C1CCC2(O)CC(F)=C(F)F. The largest absolute Gasteiger partial charge is 0.389 e. The molecule has 5 rings (SSSR count). The van der Waals surface area contributed by atoms with Crippen LogP contribution >= 0.6 is 0 Å². The van der Waals surface area contributed by atoms with Crippen molar-refractivity contribution in [1.82, 2.24) is 0 Å². The molecule has 1 spiro atoms. The van der Waals surface area contributed by atoms with Gasteiger partial charge in [0.25, 0.3) is 0 Å². The summed E-state index contributed by atoms with van der Waals surface area (Å²) in [5.74, 6) is -1.84. The summed E-state index contributed by atoms with van der Waals surface area (Å²) in [6, 6.07) is 0. The smallest absolute Gasteiger partial charge is 0.301 e. The highest BCUT2D eigenvalue weighted by Crippen LogP contribution is 2.66. The molecule has 4 fully saturated rings. The van der Waals surface area contributed by atoms with Gasteiger partial charge in [0.15, 0.2) is 11.6 Å². The van der Waals surface area contributed by atoms with Gasteiger partial charge in [-0.2, -0.15) is 8.78 Å². The minimum atomic E-state index is -2.34. The number of hydrogen-bond acceptors (Lipinski definition) is 4. The molecule has 4 nitrogen and oxygen atoms in total. The molecule has 5 aliphatic rings. The third-order valence-corrected chi connectivity index (χ3v) is 9.29. The molecule has 1 saturated heterocycles. The van der Waals surface area contributed by atoms with Gasteiger partial charge in [0.1, 0.15) is 0 Å². The van der Waals surface area contributed by atoms with Crippen molar-refractivity contribution in [3.8, 4) is 0 Å². The summed E-state index contributed by atoms with van der Waals surface area (Å²) >= 11 is 0. The Hall–Kier alpha value is -0.890. The molecule has 0 bridgehead atoms. The van der Waals surface area contributed by atoms with Crippen LogP contribution in [0.2, 0.25) is 0 Å². The van der Waals surface area contributed by atoms with E-state index in [1.807, 2.05) is 13.0 Å². The van der Waals surface area contributed by atoms with E-state index in [0.29, 0.717) is 51.7 Å². The number of rotatable bonds is 2. The van der Waals surface area contributed by atoms with Crippen molar-refractivity contribution in [3.05, 3.63) is 23.6 Å². The number of fused-ring (bicyclic) bond motifs is 5. The average molecular weight is 428 g/mol. The van der Waals surface area contributed by atoms with Crippen LogP contribution in [-0.4, -0.2) is 40.4 Å². The highest BCUT2D eigenvalue weighted by molar-refractivity contribution is 5.33. The molecule has 0 amide bonds. The van der Waals surface area contributed by atoms with Crippen molar-refractivity contribution in [1.29, 1.82) is 0 Å². The summed E-state index contributed by atoms with van der Waals surface area (Å²) < 4.78 is 51.1. The Morgan fingerprint density at radius 3 is 2.50 bits per heavy atom. The number of halogens is 3. The van der Waals surface area contributed by atoms with Crippen LogP contribution in [0.25, 0.3) is 0 Å². The van der Waals surface area contributed by atoms with E-state index in [2.05, 4.69) is 0 Å². The first-order valence-corrected chi connectivity index (χ1v) is 11.3. The molecule has 30 heavy (non-hydrogen) atoms. The highest BCUT2D eigenvalue weighted by atomic mass is 19.3. The van der Waals surface area contributed by atoms with Crippen LogP contribution in [-0.2, 0) is 9.47 Å². The minimum absolute atomic E-state index is 0.0535. The lowest BCUT2D eigenvalue weighted by Gasteiger charge is -2.57. The maximum absolute atomic E-state index is 13.8. The third-order valence-electron chi connectivity index (χ3n) is 9.29. The van der Waals surface area contributed by atoms with Crippen molar-refractivity contribution < 1.29 is 32.9 Å². The maximum Gasteiger partial charge on any atom is 0.301 e. The first-order valence-electron chi connectivity index (χ1n) is 11.3. The molecule has 2 N–H and O–H groups in total. The Morgan fingerprint density at radius 2 is 1.80 bits per heavy atom. The minimum Gasteiger partial charge on any atom is -0.389 e. The predicted octanol–water partition coefficient (Wildman–Crippen LogP) is 4.62. The fourth-order valence-electron chi connectivity index (χ4n) is 7.58. The molecule has 168 valence electrons. The molecular weight excluding hydrogens is 397 g/mol. The zero-order chi connectivity index (χ0) is 21.4. The zero-order valence-corrected chi connectivity index (χ0v) is 17.4. The number of aliphatic hydroxyl groups is 2. The molecular formula is C23H31F3O4. The van der Waals surface area contributed by atoms with Gasteiger partial charge in [-0.1, -0.05) is 13.0 Å². The van der Waals surface area contributed by atoms with E-state index in [0.717, 1.165) is 18.4 Å². The molecule has 1 aliphatic heterocycles. The molecule has 6 unspecified atom stereocenters. The van der Waals surface area contributed by atoms with Crippen LogP contribution in [0.4, 0.5) is 13.2 Å². The fraction of sp³-hybridized carbons (Fsp3) is 0.826. The Kier molecular flexibility index (Phi) is 4.76. The van der Waals surface area contributed by atoms with Gasteiger partial charge in [0.05, 0.1) is 24.4 Å². The van der Waals surface area contributed by atoms with E-state index in [-0.39, 0.29) is 17.8 Å². The molecule has 6 atom stereocenters. The summed E-state index contributed by atoms with van der Waals surface area (Å²) in [6.45, 7) is 3.10. The molecule has 0 aromatic heterocycles. The lowest BCUT2D eigenvalue weighted by molar-refractivity contribution is -0.223. The zero-order valence-electron chi connectivity index (χ0n) is 17.4. The van der Waals surface area contributed by atoms with E-state index in [1.165, 1.54) is 0 Å². The van der Waals surface area contributed by atoms with Gasteiger partial charge in [-0.15, -0.1) is 0 Å². The highest BCUT2D eigenvalue weighted by Gasteiger charge is 2.64. The van der Waals surface area contributed by atoms with Crippen LogP contribution in [0.15, 0.2) is 23.6 Å². The molecule has 0 aromatic carbocycles. The van der Waals surface area contributed by atoms with Gasteiger partial charge in [-0.25, -0.2) is 4.39 Å². The normalized spacial score (nSPS) is 46.7. The second-order valence-electron chi connectivity index (χ2n) is 10.4. The molecule has 0 radical (unpaired) electrons. The molecule has 7 heteroatoms. The van der Waals surface area contributed by atoms with E-state index >= 15 is 0 Å². The first-order chi connectivity index (χ1) is 14.1. The summed E-state index contributed by atoms with van der Waals surface area (Å²) in [6.07, 6.45) is 4.12. The lowest BCUT2D eigenvalue weighted by atomic mass is 9.51. The van der Waals surface area contributed by atoms with E-state index < -0.39 is 40.7 Å². The molecule has 0 aromatic rings. The number of ether oxygens (including phenoxy) is 2. The molecule has 1 heterocycles. The van der Waals surface area contributed by atoms with Gasteiger partial charge < -0.3 is 19.7 Å². The van der Waals surface area contributed by atoms with Gasteiger partial charge in [0, 0.05) is 24.7 Å². The van der Waals surface area contributed by atoms with Gasteiger partial charge >= 0.3 is 6.08 Å². The van der Waals surface area contributed by atoms with Gasteiger partial charge in [-0.3, -0.25) is 0 Å². The second kappa shape index (κ2) is 6.80. The lowest BCUT2D eigenvalue weighted by Crippen LogP contribution is -2.58. The number of allylic oxidation sites excluding steroid dienone is 1. The Labute approximate surface area is 175 Å². The van der Waals surface area contributed by atoms with E-state index in [1.54, 1.807) is 0 Å². The topological polar surface area (TPSA) is 58.9 Å². The molecule has 4 aliphatic carbocycles. The molecule has 3 saturated carbocycles. The first kappa shape index (κ1) is 21.0. The standard InChI is InChI=1S/C23H31F3O4/c1-20-6-4-17-15(16(20)5-7-21(20,27)13-18(24)19(25)26)3-2-14-12-22(29-10-11-30-22)8-9-23(14,17)28/h4,14-16,27-28H,2-3,5-13H2,1H3. The van der Waals surface area contributed by atoms with Crippen LogP contribution in [0.1, 0.15) is 64.7 Å². The van der Waals surface area contributed by atoms with Crippen molar-refractivity contribution in [2.75, 3.05) is 13.2 Å².